The van der Waals surface area contributed by atoms with Crippen LogP contribution in [0.5, 0.6) is 0 Å². The zero-order valence-electron chi connectivity index (χ0n) is 14.6. The second-order valence-electron chi connectivity index (χ2n) is 8.02. The Morgan fingerprint density at radius 3 is 1.96 bits per heavy atom. The summed E-state index contributed by atoms with van der Waals surface area (Å²) >= 11 is 0. The molecule has 0 spiro atoms. The Labute approximate surface area is 136 Å². The summed E-state index contributed by atoms with van der Waals surface area (Å²) in [5, 5.41) is 23.4. The van der Waals surface area contributed by atoms with Gasteiger partial charge in [0.25, 0.3) is 11.4 Å². The molecule has 0 N–H and O–H groups in total. The molecule has 2 rings (SSSR count). The molecule has 0 heterocycles. The van der Waals surface area contributed by atoms with E-state index in [2.05, 4.69) is 0 Å². The van der Waals surface area contributed by atoms with Crippen molar-refractivity contribution in [1.82, 2.24) is 0 Å². The molecule has 0 amide bonds. The Morgan fingerprint density at radius 2 is 1.52 bits per heavy atom. The highest BCUT2D eigenvalue weighted by molar-refractivity contribution is 5.67. The Morgan fingerprint density at radius 1 is 1.00 bits per heavy atom. The SMILES string of the molecule is CC(C)c1c([N+](=O)[O-])cc2c(c1[N+](=O)[O-])C(C)(C)CCC2(C)C. The first-order valence-electron chi connectivity index (χ1n) is 7.91. The van der Waals surface area contributed by atoms with Gasteiger partial charge in [-0.1, -0.05) is 41.5 Å². The van der Waals surface area contributed by atoms with Crippen molar-refractivity contribution in [3.63, 3.8) is 0 Å². The second kappa shape index (κ2) is 5.28. The van der Waals surface area contributed by atoms with Crippen molar-refractivity contribution in [2.45, 2.75) is 71.1 Å². The number of hydrogen-bond acceptors (Lipinski definition) is 4. The van der Waals surface area contributed by atoms with Crippen LogP contribution >= 0.6 is 0 Å². The van der Waals surface area contributed by atoms with Crippen LogP contribution in [0, 0.1) is 20.2 Å². The van der Waals surface area contributed by atoms with Gasteiger partial charge in [-0.05, 0) is 35.2 Å². The Balaban J connectivity index is 3.04. The molecule has 0 bridgehead atoms. The van der Waals surface area contributed by atoms with Crippen LogP contribution in [0.3, 0.4) is 0 Å². The zero-order valence-corrected chi connectivity index (χ0v) is 14.6. The first-order valence-corrected chi connectivity index (χ1v) is 7.91. The van der Waals surface area contributed by atoms with Crippen molar-refractivity contribution in [1.29, 1.82) is 0 Å². The summed E-state index contributed by atoms with van der Waals surface area (Å²) < 4.78 is 0. The van der Waals surface area contributed by atoms with Crippen molar-refractivity contribution in [3.05, 3.63) is 43.0 Å². The van der Waals surface area contributed by atoms with Gasteiger partial charge in [0.15, 0.2) is 0 Å². The molecule has 0 atom stereocenters. The highest BCUT2D eigenvalue weighted by Gasteiger charge is 2.46. The molecule has 0 aromatic heterocycles. The maximum Gasteiger partial charge on any atom is 0.283 e. The van der Waals surface area contributed by atoms with Crippen LogP contribution in [-0.2, 0) is 10.8 Å². The van der Waals surface area contributed by atoms with Gasteiger partial charge in [-0.25, -0.2) is 0 Å². The number of nitro groups is 2. The van der Waals surface area contributed by atoms with Gasteiger partial charge in [-0.2, -0.15) is 0 Å². The molecule has 0 fully saturated rings. The molecule has 1 aromatic carbocycles. The summed E-state index contributed by atoms with van der Waals surface area (Å²) in [6.07, 6.45) is 1.67. The summed E-state index contributed by atoms with van der Waals surface area (Å²) in [5.41, 5.74) is 0.800. The third kappa shape index (κ3) is 2.71. The van der Waals surface area contributed by atoms with Gasteiger partial charge in [0.2, 0.25) is 0 Å². The lowest BCUT2D eigenvalue weighted by molar-refractivity contribution is -0.396. The Bertz CT molecular complexity index is 690. The lowest BCUT2D eigenvalue weighted by Crippen LogP contribution is -2.35. The number of benzene rings is 1. The second-order valence-corrected chi connectivity index (χ2v) is 8.02. The average Bonchev–Trinajstić information content (AvgIpc) is 2.41. The summed E-state index contributed by atoms with van der Waals surface area (Å²) in [6, 6.07) is 1.58. The van der Waals surface area contributed by atoms with Crippen LogP contribution in [-0.4, -0.2) is 9.85 Å². The van der Waals surface area contributed by atoms with Gasteiger partial charge in [-0.15, -0.1) is 0 Å². The smallest absolute Gasteiger partial charge is 0.258 e. The first kappa shape index (κ1) is 17.4. The van der Waals surface area contributed by atoms with Gasteiger partial charge in [0.05, 0.1) is 9.85 Å². The van der Waals surface area contributed by atoms with Gasteiger partial charge in [-0.3, -0.25) is 20.2 Å². The Kier molecular flexibility index (Phi) is 3.99. The molecular weight excluding hydrogens is 296 g/mol. The van der Waals surface area contributed by atoms with Crippen molar-refractivity contribution in [2.24, 2.45) is 0 Å². The molecule has 0 aliphatic heterocycles. The lowest BCUT2D eigenvalue weighted by Gasteiger charge is -2.41. The van der Waals surface area contributed by atoms with Crippen LogP contribution < -0.4 is 0 Å². The molecule has 126 valence electrons. The molecule has 0 unspecified atom stereocenters. The average molecular weight is 320 g/mol. The predicted octanol–water partition coefficient (Wildman–Crippen LogP) is 4.98. The van der Waals surface area contributed by atoms with Gasteiger partial charge >= 0.3 is 0 Å². The van der Waals surface area contributed by atoms with Crippen molar-refractivity contribution in [2.75, 3.05) is 0 Å². The van der Waals surface area contributed by atoms with Crippen LogP contribution in [0.2, 0.25) is 0 Å². The van der Waals surface area contributed by atoms with E-state index in [9.17, 15) is 20.2 Å². The predicted molar refractivity (Wildman–Crippen MR) is 89.1 cm³/mol. The number of rotatable bonds is 3. The van der Waals surface area contributed by atoms with Gasteiger partial charge in [0, 0.05) is 11.6 Å². The molecule has 1 aliphatic rings. The van der Waals surface area contributed by atoms with Crippen molar-refractivity contribution >= 4 is 11.4 Å². The van der Waals surface area contributed by atoms with E-state index in [1.54, 1.807) is 19.9 Å². The summed E-state index contributed by atoms with van der Waals surface area (Å²) in [4.78, 5) is 22.5. The topological polar surface area (TPSA) is 86.3 Å². The fraction of sp³-hybridized carbons (Fsp3) is 0.647. The molecule has 0 saturated carbocycles. The summed E-state index contributed by atoms with van der Waals surface area (Å²) in [7, 11) is 0. The van der Waals surface area contributed by atoms with Crippen LogP contribution in [0.4, 0.5) is 11.4 Å². The van der Waals surface area contributed by atoms with Crippen LogP contribution in [0.15, 0.2) is 6.07 Å². The molecule has 0 saturated heterocycles. The Hall–Kier alpha value is -1.98. The largest absolute Gasteiger partial charge is 0.283 e. The first-order chi connectivity index (χ1) is 10.4. The fourth-order valence-electron chi connectivity index (χ4n) is 3.68. The molecule has 0 radical (unpaired) electrons. The van der Waals surface area contributed by atoms with Crippen molar-refractivity contribution in [3.8, 4) is 0 Å². The monoisotopic (exact) mass is 320 g/mol. The normalized spacial score (nSPS) is 18.6. The van der Waals surface area contributed by atoms with E-state index in [1.165, 1.54) is 0 Å². The molecule has 1 aromatic rings. The maximum atomic E-state index is 11.9. The number of fused-ring (bicyclic) bond motifs is 1. The summed E-state index contributed by atoms with van der Waals surface area (Å²) in [6.45, 7) is 11.5. The van der Waals surface area contributed by atoms with E-state index in [4.69, 9.17) is 0 Å². The fourth-order valence-corrected chi connectivity index (χ4v) is 3.68. The van der Waals surface area contributed by atoms with Crippen molar-refractivity contribution < 1.29 is 9.85 Å². The van der Waals surface area contributed by atoms with Crippen LogP contribution in [0.1, 0.15) is 77.0 Å². The van der Waals surface area contributed by atoms with Crippen LogP contribution in [0.25, 0.3) is 0 Å². The number of nitrogens with zero attached hydrogens (tertiary/aromatic N) is 2. The third-order valence-corrected chi connectivity index (χ3v) is 5.06. The molecule has 6 heteroatoms. The quantitative estimate of drug-likeness (QED) is 0.580. The van der Waals surface area contributed by atoms with Gasteiger partial charge < -0.3 is 0 Å². The number of hydrogen-bond donors (Lipinski definition) is 0. The van der Waals surface area contributed by atoms with E-state index in [0.717, 1.165) is 18.4 Å². The van der Waals surface area contributed by atoms with E-state index in [-0.39, 0.29) is 33.7 Å². The third-order valence-electron chi connectivity index (χ3n) is 5.06. The highest BCUT2D eigenvalue weighted by atomic mass is 16.6. The lowest BCUT2D eigenvalue weighted by atomic mass is 9.62. The summed E-state index contributed by atoms with van der Waals surface area (Å²) in [5.74, 6) is -0.290. The van der Waals surface area contributed by atoms with E-state index in [1.807, 2.05) is 27.7 Å². The molecule has 23 heavy (non-hydrogen) atoms. The minimum Gasteiger partial charge on any atom is -0.258 e. The standard InChI is InChI=1S/C17H24N2O4/c1-10(2)13-12(18(20)21)9-11-14(15(13)19(22)23)17(5,6)8-7-16(11,3)4/h9-10H,7-8H2,1-6H3. The maximum absolute atomic E-state index is 11.9. The minimum atomic E-state index is -0.486. The zero-order chi connectivity index (χ0) is 17.7. The minimum absolute atomic E-state index is 0.0537. The number of nitro benzene ring substituents is 2. The van der Waals surface area contributed by atoms with E-state index in [0.29, 0.717) is 5.56 Å². The molecular formula is C17H24N2O4. The molecule has 1 aliphatic carbocycles. The van der Waals surface area contributed by atoms with Gasteiger partial charge in [0.1, 0.15) is 5.56 Å². The van der Waals surface area contributed by atoms with E-state index >= 15 is 0 Å². The van der Waals surface area contributed by atoms with E-state index < -0.39 is 9.85 Å². The molecule has 6 nitrogen and oxygen atoms in total. The highest BCUT2D eigenvalue weighted by Crippen LogP contribution is 2.53.